The first kappa shape index (κ1) is 9.38. The largest absolute Gasteiger partial charge is 0.379 e. The van der Waals surface area contributed by atoms with Gasteiger partial charge in [0.05, 0.1) is 11.4 Å². The standard InChI is InChI=1S/C12H18N2/c1-4-10-6-5-7-11-12(10)14(3)8-9(2)13-11/h5-7,9,13H,4,8H2,1-3H3. The van der Waals surface area contributed by atoms with E-state index >= 15 is 0 Å². The molecule has 1 aromatic carbocycles. The summed E-state index contributed by atoms with van der Waals surface area (Å²) in [6, 6.07) is 7.06. The molecule has 1 aliphatic rings. The fourth-order valence-corrected chi connectivity index (χ4v) is 2.26. The first-order chi connectivity index (χ1) is 6.72. The Morgan fingerprint density at radius 1 is 1.50 bits per heavy atom. The minimum absolute atomic E-state index is 0.541. The fraction of sp³-hybridized carbons (Fsp3) is 0.500. The van der Waals surface area contributed by atoms with Crippen molar-refractivity contribution in [1.82, 2.24) is 0 Å². The van der Waals surface area contributed by atoms with Gasteiger partial charge in [-0.05, 0) is 25.0 Å². The van der Waals surface area contributed by atoms with E-state index < -0.39 is 0 Å². The number of rotatable bonds is 1. The van der Waals surface area contributed by atoms with Gasteiger partial charge < -0.3 is 10.2 Å². The van der Waals surface area contributed by atoms with Crippen LogP contribution in [-0.4, -0.2) is 19.6 Å². The number of benzene rings is 1. The van der Waals surface area contributed by atoms with Crippen LogP contribution in [0.5, 0.6) is 0 Å². The Morgan fingerprint density at radius 2 is 2.29 bits per heavy atom. The zero-order valence-corrected chi connectivity index (χ0v) is 9.17. The highest BCUT2D eigenvalue weighted by atomic mass is 15.2. The highest BCUT2D eigenvalue weighted by Gasteiger charge is 2.19. The minimum atomic E-state index is 0.541. The molecule has 1 N–H and O–H groups in total. The summed E-state index contributed by atoms with van der Waals surface area (Å²) in [5, 5.41) is 3.52. The van der Waals surface area contributed by atoms with Crippen LogP contribution >= 0.6 is 0 Å². The Kier molecular flexibility index (Phi) is 2.36. The maximum Gasteiger partial charge on any atom is 0.0632 e. The van der Waals surface area contributed by atoms with Crippen LogP contribution in [0.1, 0.15) is 19.4 Å². The number of nitrogens with zero attached hydrogens (tertiary/aromatic N) is 1. The van der Waals surface area contributed by atoms with E-state index in [9.17, 15) is 0 Å². The van der Waals surface area contributed by atoms with Crippen molar-refractivity contribution >= 4 is 11.4 Å². The molecule has 0 saturated carbocycles. The van der Waals surface area contributed by atoms with Gasteiger partial charge >= 0.3 is 0 Å². The molecule has 1 aliphatic heterocycles. The zero-order chi connectivity index (χ0) is 10.1. The van der Waals surface area contributed by atoms with Crippen molar-refractivity contribution in [3.8, 4) is 0 Å². The highest BCUT2D eigenvalue weighted by Crippen LogP contribution is 2.33. The topological polar surface area (TPSA) is 15.3 Å². The summed E-state index contributed by atoms with van der Waals surface area (Å²) in [4.78, 5) is 2.36. The highest BCUT2D eigenvalue weighted by molar-refractivity contribution is 5.75. The molecule has 76 valence electrons. The molecule has 1 atom stereocenters. The molecule has 2 nitrogen and oxygen atoms in total. The zero-order valence-electron chi connectivity index (χ0n) is 9.17. The van der Waals surface area contributed by atoms with E-state index in [1.54, 1.807) is 0 Å². The minimum Gasteiger partial charge on any atom is -0.379 e. The van der Waals surface area contributed by atoms with Crippen LogP contribution in [0.4, 0.5) is 11.4 Å². The van der Waals surface area contributed by atoms with Crippen molar-refractivity contribution in [2.45, 2.75) is 26.3 Å². The Bertz CT molecular complexity index is 333. The molecule has 0 fully saturated rings. The second-order valence-corrected chi connectivity index (χ2v) is 4.09. The molecule has 1 heterocycles. The lowest BCUT2D eigenvalue weighted by Gasteiger charge is -2.34. The van der Waals surface area contributed by atoms with Crippen LogP contribution in [0, 0.1) is 0 Å². The molecule has 0 aromatic heterocycles. The maximum absolute atomic E-state index is 3.52. The van der Waals surface area contributed by atoms with Gasteiger partial charge in [-0.3, -0.25) is 0 Å². The van der Waals surface area contributed by atoms with Gasteiger partial charge in [0.2, 0.25) is 0 Å². The Hall–Kier alpha value is -1.18. The van der Waals surface area contributed by atoms with Gasteiger partial charge in [-0.2, -0.15) is 0 Å². The predicted octanol–water partition coefficient (Wildman–Crippen LogP) is 2.50. The van der Waals surface area contributed by atoms with Crippen molar-refractivity contribution in [3.05, 3.63) is 23.8 Å². The number of hydrogen-bond acceptors (Lipinski definition) is 2. The fourth-order valence-electron chi connectivity index (χ4n) is 2.26. The van der Waals surface area contributed by atoms with Crippen molar-refractivity contribution in [1.29, 1.82) is 0 Å². The third-order valence-corrected chi connectivity index (χ3v) is 2.83. The predicted molar refractivity (Wildman–Crippen MR) is 62.2 cm³/mol. The lowest BCUT2D eigenvalue weighted by atomic mass is 10.0. The second-order valence-electron chi connectivity index (χ2n) is 4.09. The van der Waals surface area contributed by atoms with Gasteiger partial charge in [0.1, 0.15) is 0 Å². The number of likely N-dealkylation sites (N-methyl/N-ethyl adjacent to an activating group) is 1. The van der Waals surface area contributed by atoms with Crippen LogP contribution in [0.25, 0.3) is 0 Å². The van der Waals surface area contributed by atoms with Crippen molar-refractivity contribution < 1.29 is 0 Å². The van der Waals surface area contributed by atoms with Gasteiger partial charge in [0, 0.05) is 19.6 Å². The van der Waals surface area contributed by atoms with Gasteiger partial charge in [-0.15, -0.1) is 0 Å². The molecule has 2 heteroatoms. The molecule has 0 radical (unpaired) electrons. The summed E-state index contributed by atoms with van der Waals surface area (Å²) >= 11 is 0. The molecular weight excluding hydrogens is 172 g/mol. The van der Waals surface area contributed by atoms with Crippen LogP contribution in [-0.2, 0) is 6.42 Å². The average Bonchev–Trinajstić information content (AvgIpc) is 2.16. The number of para-hydroxylation sites is 1. The molecule has 14 heavy (non-hydrogen) atoms. The Balaban J connectivity index is 2.47. The summed E-state index contributed by atoms with van der Waals surface area (Å²) in [6.07, 6.45) is 1.10. The van der Waals surface area contributed by atoms with Crippen LogP contribution in [0.3, 0.4) is 0 Å². The van der Waals surface area contributed by atoms with Gasteiger partial charge in [-0.25, -0.2) is 0 Å². The summed E-state index contributed by atoms with van der Waals surface area (Å²) in [6.45, 7) is 5.52. The lowest BCUT2D eigenvalue weighted by molar-refractivity contribution is 0.734. The molecule has 0 amide bonds. The lowest BCUT2D eigenvalue weighted by Crippen LogP contribution is -2.37. The van der Waals surface area contributed by atoms with E-state index in [0.717, 1.165) is 13.0 Å². The maximum atomic E-state index is 3.52. The van der Waals surface area contributed by atoms with Crippen LogP contribution < -0.4 is 10.2 Å². The first-order valence-electron chi connectivity index (χ1n) is 5.32. The Labute approximate surface area is 85.9 Å². The third kappa shape index (κ3) is 1.45. The van der Waals surface area contributed by atoms with E-state index in [4.69, 9.17) is 0 Å². The molecule has 1 aromatic rings. The van der Waals surface area contributed by atoms with Crippen molar-refractivity contribution in [2.24, 2.45) is 0 Å². The van der Waals surface area contributed by atoms with E-state index in [0.29, 0.717) is 6.04 Å². The van der Waals surface area contributed by atoms with E-state index in [-0.39, 0.29) is 0 Å². The molecule has 0 bridgehead atoms. The molecule has 0 saturated heterocycles. The summed E-state index contributed by atoms with van der Waals surface area (Å²) in [7, 11) is 2.18. The molecular formula is C12H18N2. The number of nitrogens with one attached hydrogen (secondary N) is 1. The monoisotopic (exact) mass is 190 g/mol. The molecule has 1 unspecified atom stereocenters. The van der Waals surface area contributed by atoms with E-state index in [1.165, 1.54) is 16.9 Å². The van der Waals surface area contributed by atoms with Crippen LogP contribution in [0.15, 0.2) is 18.2 Å². The van der Waals surface area contributed by atoms with E-state index in [1.807, 2.05) is 0 Å². The van der Waals surface area contributed by atoms with Crippen molar-refractivity contribution in [3.63, 3.8) is 0 Å². The normalized spacial score (nSPS) is 20.2. The third-order valence-electron chi connectivity index (χ3n) is 2.83. The number of aryl methyl sites for hydroxylation is 1. The molecule has 2 rings (SSSR count). The Morgan fingerprint density at radius 3 is 3.00 bits per heavy atom. The number of hydrogen-bond donors (Lipinski definition) is 1. The summed E-state index contributed by atoms with van der Waals surface area (Å²) in [5.74, 6) is 0. The number of fused-ring (bicyclic) bond motifs is 1. The summed E-state index contributed by atoms with van der Waals surface area (Å²) in [5.41, 5.74) is 4.10. The average molecular weight is 190 g/mol. The van der Waals surface area contributed by atoms with Gasteiger partial charge in [-0.1, -0.05) is 19.1 Å². The smallest absolute Gasteiger partial charge is 0.0632 e. The first-order valence-corrected chi connectivity index (χ1v) is 5.32. The number of anilines is 2. The quantitative estimate of drug-likeness (QED) is 0.732. The van der Waals surface area contributed by atoms with Gasteiger partial charge in [0.15, 0.2) is 0 Å². The van der Waals surface area contributed by atoms with Crippen LogP contribution in [0.2, 0.25) is 0 Å². The molecule has 0 spiro atoms. The van der Waals surface area contributed by atoms with E-state index in [2.05, 4.69) is 49.3 Å². The van der Waals surface area contributed by atoms with Crippen molar-refractivity contribution in [2.75, 3.05) is 23.8 Å². The SMILES string of the molecule is CCc1cccc2c1N(C)CC(C)N2. The summed E-state index contributed by atoms with van der Waals surface area (Å²) < 4.78 is 0. The second kappa shape index (κ2) is 3.52. The van der Waals surface area contributed by atoms with Gasteiger partial charge in [0.25, 0.3) is 0 Å². The molecule has 0 aliphatic carbocycles.